The smallest absolute Gasteiger partial charge is 0.0818 e. The molecule has 2 atom stereocenters. The Morgan fingerprint density at radius 2 is 1.71 bits per heavy atom. The molecule has 3 N–H and O–H groups in total. The van der Waals surface area contributed by atoms with Gasteiger partial charge in [-0.2, -0.15) is 0 Å². The summed E-state index contributed by atoms with van der Waals surface area (Å²) in [6.07, 6.45) is 13.4. The van der Waals surface area contributed by atoms with Gasteiger partial charge in [0, 0.05) is 23.4 Å². The summed E-state index contributed by atoms with van der Waals surface area (Å²) in [5.41, 5.74) is 8.58. The Labute approximate surface area is 199 Å². The number of nitrogens with two attached hydrogens (primary N) is 1. The third kappa shape index (κ3) is 3.58. The van der Waals surface area contributed by atoms with Crippen LogP contribution in [-0.4, -0.2) is 23.0 Å². The standard InChI is InChI=1S/C27H39ClN2S/c1-2-27(12-13-28)20-14-25(19-6-4-3-5-7-19)15-21(27)17-26(16-20,18-25)24(31)30-23-10-8-22(29)9-11-23/h3-7,20-23H,2,8-18,29H2,1H3,(H,30,31)/t20?,21?,22-,23-,25?,26?,27?. The van der Waals surface area contributed by atoms with Gasteiger partial charge >= 0.3 is 0 Å². The van der Waals surface area contributed by atoms with Crippen molar-refractivity contribution >= 4 is 28.8 Å². The van der Waals surface area contributed by atoms with E-state index < -0.39 is 0 Å². The monoisotopic (exact) mass is 458 g/mol. The van der Waals surface area contributed by atoms with Crippen LogP contribution < -0.4 is 11.1 Å². The molecule has 2 unspecified atom stereocenters. The quantitative estimate of drug-likeness (QED) is 0.385. The predicted molar refractivity (Wildman–Crippen MR) is 135 cm³/mol. The fourth-order valence-electron chi connectivity index (χ4n) is 8.62. The maximum atomic E-state index is 6.40. The number of hydrogen-bond acceptors (Lipinski definition) is 2. The van der Waals surface area contributed by atoms with Crippen LogP contribution in [0, 0.1) is 22.7 Å². The van der Waals surface area contributed by atoms with Gasteiger partial charge in [0.15, 0.2) is 0 Å². The van der Waals surface area contributed by atoms with Crippen LogP contribution in [0.1, 0.15) is 83.1 Å². The highest BCUT2D eigenvalue weighted by Gasteiger charge is 2.66. The van der Waals surface area contributed by atoms with Crippen molar-refractivity contribution in [1.82, 2.24) is 5.32 Å². The lowest BCUT2D eigenvalue weighted by Gasteiger charge is -2.70. The first-order valence-electron chi connectivity index (χ1n) is 12.6. The Hall–Kier alpha value is -0.640. The Bertz CT molecular complexity index is 785. The van der Waals surface area contributed by atoms with E-state index in [4.69, 9.17) is 29.6 Å². The minimum absolute atomic E-state index is 0.168. The van der Waals surface area contributed by atoms with Crippen LogP contribution in [0.3, 0.4) is 0 Å². The van der Waals surface area contributed by atoms with E-state index in [1.807, 2.05) is 0 Å². The lowest BCUT2D eigenvalue weighted by atomic mass is 9.35. The number of thiocarbonyl (C=S) groups is 1. The van der Waals surface area contributed by atoms with Crippen molar-refractivity contribution in [2.75, 3.05) is 5.88 Å². The SMILES string of the molecule is CCC1(CCCl)C2CC3(C(=S)N[C@H]4CC[C@H](N)CC4)CC1CC(c1ccccc1)(C2)C3. The summed E-state index contributed by atoms with van der Waals surface area (Å²) in [4.78, 5) is 1.18. The van der Waals surface area contributed by atoms with E-state index in [0.717, 1.165) is 30.6 Å². The van der Waals surface area contributed by atoms with Gasteiger partial charge in [0.2, 0.25) is 0 Å². The van der Waals surface area contributed by atoms with E-state index in [9.17, 15) is 0 Å². The van der Waals surface area contributed by atoms with Crippen LogP contribution >= 0.6 is 23.8 Å². The molecule has 5 aliphatic rings. The van der Waals surface area contributed by atoms with Gasteiger partial charge in [-0.25, -0.2) is 0 Å². The van der Waals surface area contributed by atoms with Crippen molar-refractivity contribution in [3.8, 4) is 0 Å². The molecule has 4 bridgehead atoms. The van der Waals surface area contributed by atoms with Crippen LogP contribution in [0.4, 0.5) is 0 Å². The van der Waals surface area contributed by atoms with Gasteiger partial charge in [-0.15, -0.1) is 11.6 Å². The number of halogens is 1. The summed E-state index contributed by atoms with van der Waals surface area (Å²) in [6.45, 7) is 2.42. The first-order chi connectivity index (χ1) is 15.0. The van der Waals surface area contributed by atoms with Gasteiger partial charge in [-0.05, 0) is 98.9 Å². The van der Waals surface area contributed by atoms with E-state index in [-0.39, 0.29) is 5.41 Å². The van der Waals surface area contributed by atoms with E-state index in [1.165, 1.54) is 62.8 Å². The van der Waals surface area contributed by atoms with Crippen molar-refractivity contribution in [1.29, 1.82) is 0 Å². The predicted octanol–water partition coefficient (Wildman–Crippen LogP) is 6.35. The van der Waals surface area contributed by atoms with Gasteiger partial charge in [-0.3, -0.25) is 0 Å². The molecule has 1 aromatic carbocycles. The first-order valence-corrected chi connectivity index (χ1v) is 13.6. The minimum atomic E-state index is 0.168. The molecule has 0 spiro atoms. The van der Waals surface area contributed by atoms with Crippen LogP contribution in [0.2, 0.25) is 0 Å². The zero-order valence-electron chi connectivity index (χ0n) is 19.0. The summed E-state index contributed by atoms with van der Waals surface area (Å²) in [5, 5.41) is 3.89. The summed E-state index contributed by atoms with van der Waals surface area (Å²) in [7, 11) is 0. The van der Waals surface area contributed by atoms with E-state index in [1.54, 1.807) is 5.56 Å². The molecule has 5 aliphatic carbocycles. The highest BCUT2D eigenvalue weighted by molar-refractivity contribution is 7.80. The largest absolute Gasteiger partial charge is 0.376 e. The van der Waals surface area contributed by atoms with Crippen molar-refractivity contribution in [3.63, 3.8) is 0 Å². The van der Waals surface area contributed by atoms with Crippen molar-refractivity contribution in [2.24, 2.45) is 28.4 Å². The Morgan fingerprint density at radius 1 is 1.06 bits per heavy atom. The lowest BCUT2D eigenvalue weighted by molar-refractivity contribution is -0.145. The summed E-state index contributed by atoms with van der Waals surface area (Å²) in [6, 6.07) is 12.3. The normalized spacial score (nSPS) is 43.7. The zero-order valence-corrected chi connectivity index (χ0v) is 20.6. The third-order valence-corrected chi connectivity index (χ3v) is 10.8. The van der Waals surface area contributed by atoms with E-state index in [0.29, 0.717) is 22.9 Å². The van der Waals surface area contributed by atoms with Gasteiger partial charge in [0.25, 0.3) is 0 Å². The van der Waals surface area contributed by atoms with Crippen LogP contribution in [0.25, 0.3) is 0 Å². The fourth-order valence-corrected chi connectivity index (χ4v) is 9.37. The summed E-state index contributed by atoms with van der Waals surface area (Å²) >= 11 is 12.7. The molecule has 0 amide bonds. The number of rotatable bonds is 6. The first kappa shape index (κ1) is 22.2. The highest BCUT2D eigenvalue weighted by Crippen LogP contribution is 2.73. The van der Waals surface area contributed by atoms with Gasteiger partial charge in [0.05, 0.1) is 4.99 Å². The fraction of sp³-hybridized carbons (Fsp3) is 0.741. The number of nitrogens with one attached hydrogen (secondary N) is 1. The molecule has 0 heterocycles. The molecule has 1 aromatic rings. The summed E-state index contributed by atoms with van der Waals surface area (Å²) in [5.74, 6) is 2.26. The molecule has 0 aliphatic heterocycles. The zero-order chi connectivity index (χ0) is 21.7. The van der Waals surface area contributed by atoms with E-state index >= 15 is 0 Å². The van der Waals surface area contributed by atoms with Crippen LogP contribution in [0.5, 0.6) is 0 Å². The molecule has 170 valence electrons. The molecular formula is C27H39ClN2S. The van der Waals surface area contributed by atoms with Gasteiger partial charge in [-0.1, -0.05) is 49.5 Å². The average molecular weight is 459 g/mol. The topological polar surface area (TPSA) is 38.0 Å². The van der Waals surface area contributed by atoms with Crippen LogP contribution in [0.15, 0.2) is 30.3 Å². The van der Waals surface area contributed by atoms with Crippen molar-refractivity contribution in [2.45, 2.75) is 95.1 Å². The Kier molecular flexibility index (Phi) is 5.93. The molecule has 31 heavy (non-hydrogen) atoms. The van der Waals surface area contributed by atoms with Crippen molar-refractivity contribution in [3.05, 3.63) is 35.9 Å². The van der Waals surface area contributed by atoms with Gasteiger partial charge < -0.3 is 11.1 Å². The molecule has 0 aromatic heterocycles. The van der Waals surface area contributed by atoms with Gasteiger partial charge in [0.1, 0.15) is 0 Å². The molecule has 4 heteroatoms. The molecule has 0 saturated heterocycles. The third-order valence-electron chi connectivity index (χ3n) is 10.0. The maximum absolute atomic E-state index is 6.40. The molecular weight excluding hydrogens is 420 g/mol. The second-order valence-electron chi connectivity index (χ2n) is 11.4. The molecule has 0 radical (unpaired) electrons. The molecule has 2 nitrogen and oxygen atoms in total. The molecule has 5 fully saturated rings. The lowest BCUT2D eigenvalue weighted by Crippen LogP contribution is -2.65. The maximum Gasteiger partial charge on any atom is 0.0818 e. The summed E-state index contributed by atoms with van der Waals surface area (Å²) < 4.78 is 0. The number of alkyl halides is 1. The Morgan fingerprint density at radius 3 is 2.29 bits per heavy atom. The second kappa shape index (κ2) is 8.29. The van der Waals surface area contributed by atoms with E-state index in [2.05, 4.69) is 42.6 Å². The number of benzene rings is 1. The highest BCUT2D eigenvalue weighted by atomic mass is 35.5. The second-order valence-corrected chi connectivity index (χ2v) is 12.2. The molecule has 5 saturated carbocycles. The van der Waals surface area contributed by atoms with Crippen LogP contribution in [-0.2, 0) is 5.41 Å². The Balaban J connectivity index is 1.47. The minimum Gasteiger partial charge on any atom is -0.376 e. The molecule has 6 rings (SSSR count). The van der Waals surface area contributed by atoms with Crippen molar-refractivity contribution < 1.29 is 0 Å². The average Bonchev–Trinajstić information content (AvgIpc) is 2.78. The number of hydrogen-bond donors (Lipinski definition) is 2.